The second-order valence-corrected chi connectivity index (χ2v) is 7.74. The molecule has 138 valence electrons. The number of likely N-dealkylation sites (tertiary alicyclic amines) is 1. The monoisotopic (exact) mass is 381 g/mol. The van der Waals surface area contributed by atoms with Crippen molar-refractivity contribution in [2.75, 3.05) is 19.6 Å². The fourth-order valence-corrected chi connectivity index (χ4v) is 2.55. The molecule has 0 atom stereocenters. The van der Waals surface area contributed by atoms with E-state index >= 15 is 0 Å². The Labute approximate surface area is 152 Å². The average molecular weight is 382 g/mol. The molecule has 7 nitrogen and oxygen atoms in total. The summed E-state index contributed by atoms with van der Waals surface area (Å²) >= 11 is 11.1. The number of hydrogen-bond acceptors (Lipinski definition) is 4. The lowest BCUT2D eigenvalue weighted by atomic mass is 10.0. The largest absolute Gasteiger partial charge is 0.444 e. The molecule has 1 aliphatic heterocycles. The summed E-state index contributed by atoms with van der Waals surface area (Å²) in [5.74, 6) is -0.451. The van der Waals surface area contributed by atoms with Crippen molar-refractivity contribution >= 4 is 41.1 Å². The van der Waals surface area contributed by atoms with Crippen LogP contribution in [0.1, 0.15) is 40.0 Å². The molecule has 9 heteroatoms. The van der Waals surface area contributed by atoms with Crippen LogP contribution in [0, 0.1) is 0 Å². The van der Waals surface area contributed by atoms with Crippen LogP contribution in [0.3, 0.4) is 0 Å². The van der Waals surface area contributed by atoms with Gasteiger partial charge in [-0.25, -0.2) is 4.79 Å². The summed E-state index contributed by atoms with van der Waals surface area (Å²) in [4.78, 5) is 35.5. The molecule has 1 fully saturated rings. The number of alkyl halides is 2. The normalized spacial score (nSPS) is 16.0. The molecular formula is C15H25Cl2N3O4. The Bertz CT molecular complexity index is 458. The fraction of sp³-hybridized carbons (Fsp3) is 0.800. The second-order valence-electron chi connectivity index (χ2n) is 6.65. The van der Waals surface area contributed by atoms with E-state index in [4.69, 9.17) is 27.9 Å². The van der Waals surface area contributed by atoms with Gasteiger partial charge in [-0.1, -0.05) is 23.2 Å². The summed E-state index contributed by atoms with van der Waals surface area (Å²) in [6.45, 7) is 6.54. The van der Waals surface area contributed by atoms with Gasteiger partial charge in [0.15, 0.2) is 4.84 Å². The van der Waals surface area contributed by atoms with Crippen molar-refractivity contribution in [1.29, 1.82) is 0 Å². The Morgan fingerprint density at radius 1 is 1.21 bits per heavy atom. The lowest BCUT2D eigenvalue weighted by Crippen LogP contribution is -2.48. The first-order valence-corrected chi connectivity index (χ1v) is 8.79. The molecule has 0 aromatic rings. The maximum absolute atomic E-state index is 11.9. The van der Waals surface area contributed by atoms with Gasteiger partial charge in [0.25, 0.3) is 5.91 Å². The Hall–Kier alpha value is -1.21. The van der Waals surface area contributed by atoms with Crippen LogP contribution in [-0.4, -0.2) is 58.9 Å². The smallest absolute Gasteiger partial charge is 0.407 e. The highest BCUT2D eigenvalue weighted by atomic mass is 35.5. The van der Waals surface area contributed by atoms with Gasteiger partial charge < -0.3 is 20.3 Å². The number of piperidine rings is 1. The molecule has 0 unspecified atom stereocenters. The maximum Gasteiger partial charge on any atom is 0.407 e. The Morgan fingerprint density at radius 3 is 2.29 bits per heavy atom. The van der Waals surface area contributed by atoms with Crippen LogP contribution < -0.4 is 10.6 Å². The van der Waals surface area contributed by atoms with Gasteiger partial charge in [-0.2, -0.15) is 0 Å². The van der Waals surface area contributed by atoms with Crippen LogP contribution in [0.25, 0.3) is 0 Å². The van der Waals surface area contributed by atoms with Crippen molar-refractivity contribution in [3.8, 4) is 0 Å². The van der Waals surface area contributed by atoms with Crippen LogP contribution in [0.15, 0.2) is 0 Å². The van der Waals surface area contributed by atoms with Crippen LogP contribution in [0.4, 0.5) is 4.79 Å². The Morgan fingerprint density at radius 2 is 1.79 bits per heavy atom. The van der Waals surface area contributed by atoms with Crippen molar-refractivity contribution in [1.82, 2.24) is 15.5 Å². The van der Waals surface area contributed by atoms with Gasteiger partial charge in [0.05, 0.1) is 0 Å². The van der Waals surface area contributed by atoms with Gasteiger partial charge in [-0.3, -0.25) is 9.59 Å². The molecule has 3 amide bonds. The molecule has 0 spiro atoms. The van der Waals surface area contributed by atoms with E-state index in [1.165, 1.54) is 0 Å². The summed E-state index contributed by atoms with van der Waals surface area (Å²) in [5, 5.41) is 5.43. The summed E-state index contributed by atoms with van der Waals surface area (Å²) in [7, 11) is 0. The maximum atomic E-state index is 11.9. The van der Waals surface area contributed by atoms with E-state index < -0.39 is 16.5 Å². The van der Waals surface area contributed by atoms with Crippen LogP contribution in [-0.2, 0) is 14.3 Å². The number of rotatable bonds is 5. The molecule has 1 rings (SSSR count). The van der Waals surface area contributed by atoms with E-state index in [1.807, 2.05) is 0 Å². The lowest BCUT2D eigenvalue weighted by Gasteiger charge is -2.32. The molecule has 0 saturated carbocycles. The molecule has 0 radical (unpaired) electrons. The number of carbonyl (C=O) groups is 3. The van der Waals surface area contributed by atoms with Gasteiger partial charge >= 0.3 is 6.09 Å². The number of amides is 3. The van der Waals surface area contributed by atoms with Crippen LogP contribution >= 0.6 is 23.2 Å². The summed E-state index contributed by atoms with van der Waals surface area (Å²) < 4.78 is 5.08. The fourth-order valence-electron chi connectivity index (χ4n) is 2.27. The van der Waals surface area contributed by atoms with E-state index in [0.717, 1.165) is 0 Å². The van der Waals surface area contributed by atoms with Crippen molar-refractivity contribution < 1.29 is 19.1 Å². The minimum atomic E-state index is -1.05. The SMILES string of the molecule is CC(C)(C)OC(=O)NCCC(=O)NC1CCN(C(=O)C(Cl)Cl)CC1. The van der Waals surface area contributed by atoms with Crippen molar-refractivity contribution in [2.45, 2.75) is 56.5 Å². The minimum Gasteiger partial charge on any atom is -0.444 e. The topological polar surface area (TPSA) is 87.7 Å². The average Bonchev–Trinajstić information content (AvgIpc) is 2.45. The van der Waals surface area contributed by atoms with E-state index in [-0.39, 0.29) is 30.8 Å². The Balaban J connectivity index is 2.21. The van der Waals surface area contributed by atoms with Gasteiger partial charge in [0.2, 0.25) is 5.91 Å². The molecule has 0 aromatic heterocycles. The predicted octanol–water partition coefficient (Wildman–Crippen LogP) is 1.81. The molecule has 2 N–H and O–H groups in total. The van der Waals surface area contributed by atoms with Gasteiger partial charge in [0.1, 0.15) is 5.60 Å². The van der Waals surface area contributed by atoms with Crippen molar-refractivity contribution in [3.63, 3.8) is 0 Å². The lowest BCUT2D eigenvalue weighted by molar-refractivity contribution is -0.130. The summed E-state index contributed by atoms with van der Waals surface area (Å²) in [6, 6.07) is 0.00665. The van der Waals surface area contributed by atoms with Crippen molar-refractivity contribution in [3.05, 3.63) is 0 Å². The number of halogens is 2. The minimum absolute atomic E-state index is 0.00665. The van der Waals surface area contributed by atoms with Gasteiger partial charge in [0, 0.05) is 32.1 Å². The van der Waals surface area contributed by atoms with E-state index in [1.54, 1.807) is 25.7 Å². The number of ether oxygens (including phenoxy) is 1. The molecule has 1 aliphatic rings. The van der Waals surface area contributed by atoms with E-state index in [2.05, 4.69) is 10.6 Å². The van der Waals surface area contributed by atoms with Crippen LogP contribution in [0.5, 0.6) is 0 Å². The van der Waals surface area contributed by atoms with E-state index in [0.29, 0.717) is 25.9 Å². The number of alkyl carbamates (subject to hydrolysis) is 1. The summed E-state index contributed by atoms with van der Waals surface area (Å²) in [6.07, 6.45) is 0.928. The first-order valence-electron chi connectivity index (χ1n) is 7.91. The zero-order valence-corrected chi connectivity index (χ0v) is 15.7. The second kappa shape index (κ2) is 9.32. The third-order valence-electron chi connectivity index (χ3n) is 3.38. The molecule has 0 aromatic carbocycles. The summed E-state index contributed by atoms with van der Waals surface area (Å²) in [5.41, 5.74) is -0.567. The number of hydrogen-bond donors (Lipinski definition) is 2. The van der Waals surface area contributed by atoms with Crippen molar-refractivity contribution in [2.24, 2.45) is 0 Å². The first-order chi connectivity index (χ1) is 11.1. The molecular weight excluding hydrogens is 357 g/mol. The third-order valence-corrected chi connectivity index (χ3v) is 3.75. The quantitative estimate of drug-likeness (QED) is 0.710. The molecule has 1 saturated heterocycles. The zero-order valence-electron chi connectivity index (χ0n) is 14.2. The molecule has 24 heavy (non-hydrogen) atoms. The zero-order chi connectivity index (χ0) is 18.3. The predicted molar refractivity (Wildman–Crippen MR) is 92.1 cm³/mol. The standard InChI is InChI=1S/C15H25Cl2N3O4/c1-15(2,3)24-14(23)18-7-4-11(21)19-10-5-8-20(9-6-10)13(22)12(16)17/h10,12H,4-9H2,1-3H3,(H,18,23)(H,19,21). The number of nitrogens with one attached hydrogen (secondary N) is 2. The first kappa shape index (κ1) is 20.8. The molecule has 0 aliphatic carbocycles. The van der Waals surface area contributed by atoms with Gasteiger partial charge in [-0.15, -0.1) is 0 Å². The Kier molecular flexibility index (Phi) is 8.09. The number of carbonyl (C=O) groups excluding carboxylic acids is 3. The molecule has 1 heterocycles. The third kappa shape index (κ3) is 8.06. The van der Waals surface area contributed by atoms with Crippen LogP contribution in [0.2, 0.25) is 0 Å². The van der Waals surface area contributed by atoms with Gasteiger partial charge in [-0.05, 0) is 33.6 Å². The number of nitrogens with zero attached hydrogens (tertiary/aromatic N) is 1. The highest BCUT2D eigenvalue weighted by molar-refractivity contribution is 6.53. The highest BCUT2D eigenvalue weighted by Crippen LogP contribution is 2.15. The molecule has 0 bridgehead atoms. The van der Waals surface area contributed by atoms with E-state index in [9.17, 15) is 14.4 Å². The highest BCUT2D eigenvalue weighted by Gasteiger charge is 2.26.